The molecule has 1 N–H and O–H groups in total. The van der Waals surface area contributed by atoms with Crippen LogP contribution in [0.25, 0.3) is 0 Å². The highest BCUT2D eigenvalue weighted by atomic mass is 32.2. The van der Waals surface area contributed by atoms with Crippen LogP contribution in [0.5, 0.6) is 0 Å². The predicted molar refractivity (Wildman–Crippen MR) is 99.3 cm³/mol. The average molecular weight is 394 g/mol. The van der Waals surface area contributed by atoms with Crippen LogP contribution in [0.15, 0.2) is 38.0 Å². The first kappa shape index (κ1) is 17.9. The molecule has 0 saturated carbocycles. The Morgan fingerprint density at radius 3 is 2.88 bits per heavy atom. The van der Waals surface area contributed by atoms with Gasteiger partial charge in [-0.25, -0.2) is 0 Å². The molecule has 10 heteroatoms. The van der Waals surface area contributed by atoms with Crippen molar-refractivity contribution >= 4 is 45.9 Å². The van der Waals surface area contributed by atoms with Gasteiger partial charge < -0.3 is 4.52 Å². The van der Waals surface area contributed by atoms with Crippen molar-refractivity contribution in [3.8, 4) is 0 Å². The maximum absolute atomic E-state index is 12.6. The van der Waals surface area contributed by atoms with Crippen molar-refractivity contribution in [3.05, 3.63) is 41.5 Å². The molecule has 25 heavy (non-hydrogen) atoms. The van der Waals surface area contributed by atoms with Crippen molar-refractivity contribution in [2.45, 2.75) is 28.8 Å². The van der Waals surface area contributed by atoms with Crippen LogP contribution in [0.2, 0.25) is 0 Å². The minimum atomic E-state index is -0.214. The van der Waals surface area contributed by atoms with Gasteiger partial charge in [0.15, 0.2) is 10.2 Å². The fourth-order valence-electron chi connectivity index (χ4n) is 1.92. The summed E-state index contributed by atoms with van der Waals surface area (Å²) in [6, 6.07) is 7.38. The number of hydrogen-bond acceptors (Lipinski definition) is 9. The van der Waals surface area contributed by atoms with Gasteiger partial charge in [-0.15, -0.1) is 22.0 Å². The molecule has 1 amide bonds. The Morgan fingerprint density at radius 2 is 2.12 bits per heavy atom. The lowest BCUT2D eigenvalue weighted by molar-refractivity contribution is 0.102. The van der Waals surface area contributed by atoms with Gasteiger partial charge in [0.05, 0.1) is 11.3 Å². The average Bonchev–Trinajstić information content (AvgIpc) is 3.22. The lowest BCUT2D eigenvalue weighted by atomic mass is 10.2. The van der Waals surface area contributed by atoms with Gasteiger partial charge in [-0.2, -0.15) is 4.98 Å². The third kappa shape index (κ3) is 4.80. The molecule has 2 aromatic heterocycles. The molecule has 7 nitrogen and oxygen atoms in total. The van der Waals surface area contributed by atoms with Crippen molar-refractivity contribution in [1.29, 1.82) is 0 Å². The van der Waals surface area contributed by atoms with Gasteiger partial charge in [-0.1, -0.05) is 47.3 Å². The van der Waals surface area contributed by atoms with Gasteiger partial charge in [0.1, 0.15) is 0 Å². The van der Waals surface area contributed by atoms with Crippen molar-refractivity contribution in [2.75, 3.05) is 11.1 Å². The number of rotatable bonds is 7. The highest BCUT2D eigenvalue weighted by Gasteiger charge is 2.15. The zero-order valence-electron chi connectivity index (χ0n) is 13.6. The molecule has 0 spiro atoms. The van der Waals surface area contributed by atoms with Crippen LogP contribution in [-0.2, 0) is 5.75 Å². The molecule has 0 radical (unpaired) electrons. The third-order valence-corrected chi connectivity index (χ3v) is 5.86. The maximum Gasteiger partial charge on any atom is 0.258 e. The standard InChI is InChI=1S/C15H15N5O2S3/c1-3-23-15-19-18-14(25-15)17-13(21)10-6-4-5-7-11(10)24-8-12-16-9(2)20-22-12/h4-7H,3,8H2,1-2H3,(H,17,18,21). The minimum Gasteiger partial charge on any atom is -0.338 e. The van der Waals surface area contributed by atoms with Crippen LogP contribution in [-0.4, -0.2) is 32.0 Å². The first-order valence-electron chi connectivity index (χ1n) is 7.44. The van der Waals surface area contributed by atoms with E-state index in [0.717, 1.165) is 15.0 Å². The van der Waals surface area contributed by atoms with Gasteiger partial charge in [-0.3, -0.25) is 10.1 Å². The Morgan fingerprint density at radius 1 is 1.28 bits per heavy atom. The van der Waals surface area contributed by atoms with E-state index in [-0.39, 0.29) is 5.91 Å². The number of thioether (sulfide) groups is 2. The number of amides is 1. The van der Waals surface area contributed by atoms with Crippen molar-refractivity contribution in [2.24, 2.45) is 0 Å². The van der Waals surface area contributed by atoms with Crippen LogP contribution < -0.4 is 5.32 Å². The summed E-state index contributed by atoms with van der Waals surface area (Å²) in [6.45, 7) is 3.81. The fraction of sp³-hybridized carbons (Fsp3) is 0.267. The summed E-state index contributed by atoms with van der Waals surface area (Å²) < 4.78 is 5.95. The molecule has 0 saturated heterocycles. The zero-order chi connectivity index (χ0) is 17.6. The molecule has 0 unspecified atom stereocenters. The summed E-state index contributed by atoms with van der Waals surface area (Å²) in [5, 5.41) is 15.1. The maximum atomic E-state index is 12.6. The number of aryl methyl sites for hydroxylation is 1. The van der Waals surface area contributed by atoms with Crippen LogP contribution in [0, 0.1) is 6.92 Å². The molecule has 1 aromatic carbocycles. The summed E-state index contributed by atoms with van der Waals surface area (Å²) >= 11 is 4.44. The summed E-state index contributed by atoms with van der Waals surface area (Å²) in [4.78, 5) is 17.6. The van der Waals surface area contributed by atoms with Gasteiger partial charge >= 0.3 is 0 Å². The lowest BCUT2D eigenvalue weighted by Crippen LogP contribution is -2.12. The molecular weight excluding hydrogens is 378 g/mol. The van der Waals surface area contributed by atoms with Gasteiger partial charge in [0.2, 0.25) is 11.0 Å². The molecule has 0 aliphatic rings. The van der Waals surface area contributed by atoms with Crippen LogP contribution >= 0.6 is 34.9 Å². The fourth-order valence-corrected chi connectivity index (χ4v) is 4.46. The van der Waals surface area contributed by atoms with E-state index < -0.39 is 0 Å². The second-order valence-electron chi connectivity index (χ2n) is 4.78. The van der Waals surface area contributed by atoms with Gasteiger partial charge in [0, 0.05) is 4.90 Å². The molecule has 3 rings (SSSR count). The Kier molecular flexibility index (Phi) is 6.05. The molecule has 3 aromatic rings. The van der Waals surface area contributed by atoms with E-state index in [1.165, 1.54) is 23.1 Å². The highest BCUT2D eigenvalue weighted by Crippen LogP contribution is 2.28. The van der Waals surface area contributed by atoms with E-state index in [2.05, 4.69) is 25.7 Å². The number of hydrogen-bond donors (Lipinski definition) is 1. The number of carbonyl (C=O) groups excluding carboxylic acids is 1. The van der Waals surface area contributed by atoms with Gasteiger partial charge in [-0.05, 0) is 24.8 Å². The van der Waals surface area contributed by atoms with E-state index in [0.29, 0.717) is 28.2 Å². The highest BCUT2D eigenvalue weighted by molar-refractivity contribution is 8.01. The molecule has 130 valence electrons. The molecule has 0 bridgehead atoms. The molecule has 0 aliphatic heterocycles. The largest absolute Gasteiger partial charge is 0.338 e. The topological polar surface area (TPSA) is 93.8 Å². The number of anilines is 1. The summed E-state index contributed by atoms with van der Waals surface area (Å²) in [6.07, 6.45) is 0. The molecule has 0 aliphatic carbocycles. The smallest absolute Gasteiger partial charge is 0.258 e. The second kappa shape index (κ2) is 8.45. The van der Waals surface area contributed by atoms with Crippen molar-refractivity contribution in [1.82, 2.24) is 20.3 Å². The number of carbonyl (C=O) groups is 1. The number of benzene rings is 1. The minimum absolute atomic E-state index is 0.214. The molecule has 0 fully saturated rings. The Balaban J connectivity index is 1.69. The Hall–Kier alpha value is -1.91. The second-order valence-corrected chi connectivity index (χ2v) is 8.29. The lowest BCUT2D eigenvalue weighted by Gasteiger charge is -2.07. The summed E-state index contributed by atoms with van der Waals surface area (Å²) in [5.41, 5.74) is 0.573. The van der Waals surface area contributed by atoms with E-state index in [1.54, 1.807) is 24.8 Å². The third-order valence-electron chi connectivity index (χ3n) is 2.95. The van der Waals surface area contributed by atoms with E-state index in [1.807, 2.05) is 25.1 Å². The molecule has 2 heterocycles. The first-order valence-corrected chi connectivity index (χ1v) is 10.2. The predicted octanol–water partition coefficient (Wildman–Crippen LogP) is 3.89. The zero-order valence-corrected chi connectivity index (χ0v) is 16.0. The Bertz CT molecular complexity index is 864. The SMILES string of the molecule is CCSc1nnc(NC(=O)c2ccccc2SCc2nc(C)no2)s1. The monoisotopic (exact) mass is 393 g/mol. The quantitative estimate of drug-likeness (QED) is 0.477. The van der Waals surface area contributed by atoms with Gasteiger partial charge in [0.25, 0.3) is 5.91 Å². The van der Waals surface area contributed by atoms with Crippen molar-refractivity contribution < 1.29 is 9.32 Å². The Labute approximate surface area is 157 Å². The molecule has 0 atom stereocenters. The van der Waals surface area contributed by atoms with Crippen LogP contribution in [0.4, 0.5) is 5.13 Å². The normalized spacial score (nSPS) is 10.8. The summed E-state index contributed by atoms with van der Waals surface area (Å²) in [7, 11) is 0. The summed E-state index contributed by atoms with van der Waals surface area (Å²) in [5.74, 6) is 2.33. The van der Waals surface area contributed by atoms with E-state index >= 15 is 0 Å². The number of nitrogens with zero attached hydrogens (tertiary/aromatic N) is 4. The van der Waals surface area contributed by atoms with Crippen LogP contribution in [0.3, 0.4) is 0 Å². The number of aromatic nitrogens is 4. The first-order chi connectivity index (χ1) is 12.2. The number of nitrogens with one attached hydrogen (secondary N) is 1. The van der Waals surface area contributed by atoms with Crippen molar-refractivity contribution in [3.63, 3.8) is 0 Å². The van der Waals surface area contributed by atoms with E-state index in [9.17, 15) is 4.79 Å². The van der Waals surface area contributed by atoms with E-state index in [4.69, 9.17) is 4.52 Å². The molecular formula is C15H15N5O2S3. The van der Waals surface area contributed by atoms with Crippen LogP contribution in [0.1, 0.15) is 29.0 Å².